The van der Waals surface area contributed by atoms with E-state index in [9.17, 15) is 19.6 Å². The zero-order valence-corrected chi connectivity index (χ0v) is 17.7. The Kier molecular flexibility index (Phi) is 5.60. The molecule has 9 heteroatoms. The van der Waals surface area contributed by atoms with Crippen molar-refractivity contribution in [3.8, 4) is 11.8 Å². The van der Waals surface area contributed by atoms with Crippen LogP contribution >= 0.6 is 0 Å². The van der Waals surface area contributed by atoms with E-state index in [4.69, 9.17) is 4.74 Å². The van der Waals surface area contributed by atoms with Crippen LogP contribution in [0, 0.1) is 11.3 Å². The van der Waals surface area contributed by atoms with Crippen molar-refractivity contribution in [2.45, 2.75) is 13.0 Å². The molecule has 162 valence electrons. The molecule has 1 N–H and O–H groups in total. The van der Waals surface area contributed by atoms with E-state index in [2.05, 4.69) is 9.97 Å². The second kappa shape index (κ2) is 8.51. The van der Waals surface area contributed by atoms with Crippen LogP contribution in [-0.4, -0.2) is 70.2 Å². The molecule has 1 saturated heterocycles. The van der Waals surface area contributed by atoms with Gasteiger partial charge in [-0.15, -0.1) is 0 Å². The number of carbonyl (C=O) groups excluding carboxylic acids is 3. The molecule has 1 aromatic carbocycles. The maximum absolute atomic E-state index is 13.1. The number of aromatic amines is 1. The fourth-order valence-electron chi connectivity index (χ4n) is 3.99. The maximum Gasteiger partial charge on any atom is 0.295 e. The van der Waals surface area contributed by atoms with E-state index in [1.807, 2.05) is 19.1 Å². The van der Waals surface area contributed by atoms with Crippen molar-refractivity contribution in [3.05, 3.63) is 59.5 Å². The number of ether oxygens (including phenoxy) is 1. The summed E-state index contributed by atoms with van der Waals surface area (Å²) < 4.78 is 5.29. The Morgan fingerprint density at radius 1 is 1.22 bits per heavy atom. The Hall–Kier alpha value is -4.19. The van der Waals surface area contributed by atoms with Crippen LogP contribution in [0.15, 0.2) is 42.7 Å². The van der Waals surface area contributed by atoms with E-state index in [0.29, 0.717) is 28.8 Å². The fraction of sp³-hybridized carbons (Fsp3) is 0.261. The Morgan fingerprint density at radius 3 is 2.62 bits per heavy atom. The smallest absolute Gasteiger partial charge is 0.295 e. The Bertz CT molecular complexity index is 1240. The summed E-state index contributed by atoms with van der Waals surface area (Å²) in [6.45, 7) is 2.67. The van der Waals surface area contributed by atoms with Crippen LogP contribution in [0.5, 0.6) is 5.75 Å². The van der Waals surface area contributed by atoms with Crippen molar-refractivity contribution < 1.29 is 19.1 Å². The highest BCUT2D eigenvalue weighted by molar-refractivity contribution is 6.45. The van der Waals surface area contributed by atoms with Crippen LogP contribution < -0.4 is 4.74 Å². The lowest BCUT2D eigenvalue weighted by atomic mass is 10.1. The second-order valence-corrected chi connectivity index (χ2v) is 7.53. The summed E-state index contributed by atoms with van der Waals surface area (Å²) >= 11 is 0. The van der Waals surface area contributed by atoms with Gasteiger partial charge in [0.05, 0.1) is 29.8 Å². The first-order chi connectivity index (χ1) is 15.5. The number of benzene rings is 1. The van der Waals surface area contributed by atoms with E-state index in [1.165, 1.54) is 24.4 Å². The fourth-order valence-corrected chi connectivity index (χ4v) is 3.99. The number of Topliss-reactive ketones (excluding diaryl/α,β-unsaturated/α-hetero) is 1. The lowest BCUT2D eigenvalue weighted by molar-refractivity contribution is -0.128. The van der Waals surface area contributed by atoms with Gasteiger partial charge in [0.15, 0.2) is 5.69 Å². The van der Waals surface area contributed by atoms with Gasteiger partial charge in [-0.1, -0.05) is 18.2 Å². The largest absolute Gasteiger partial charge is 0.494 e. The summed E-state index contributed by atoms with van der Waals surface area (Å²) in [5.74, 6) is -1.18. The predicted octanol–water partition coefficient (Wildman–Crippen LogP) is 2.00. The zero-order chi connectivity index (χ0) is 22.8. The molecule has 1 aliphatic rings. The van der Waals surface area contributed by atoms with Crippen LogP contribution in [0.4, 0.5) is 0 Å². The minimum Gasteiger partial charge on any atom is -0.494 e. The summed E-state index contributed by atoms with van der Waals surface area (Å²) in [7, 11) is 1.43. The first-order valence-electron chi connectivity index (χ1n) is 10.1. The number of amides is 2. The maximum atomic E-state index is 13.1. The van der Waals surface area contributed by atoms with Gasteiger partial charge in [0.2, 0.25) is 0 Å². The zero-order valence-electron chi connectivity index (χ0n) is 17.7. The molecule has 0 aliphatic carbocycles. The molecule has 0 saturated carbocycles. The first-order valence-corrected chi connectivity index (χ1v) is 10.1. The van der Waals surface area contributed by atoms with Gasteiger partial charge in [0.1, 0.15) is 11.8 Å². The van der Waals surface area contributed by atoms with E-state index in [0.717, 1.165) is 0 Å². The molecule has 1 aliphatic heterocycles. The number of hydrogen-bond donors (Lipinski definition) is 1. The molecule has 9 nitrogen and oxygen atoms in total. The van der Waals surface area contributed by atoms with Crippen LogP contribution in [0.25, 0.3) is 10.9 Å². The molecule has 1 atom stereocenters. The number of pyridine rings is 1. The molecule has 4 rings (SSSR count). The molecular weight excluding hydrogens is 410 g/mol. The van der Waals surface area contributed by atoms with Crippen molar-refractivity contribution in [3.63, 3.8) is 0 Å². The number of H-pyrrole nitrogens is 1. The van der Waals surface area contributed by atoms with E-state index < -0.39 is 11.7 Å². The molecule has 0 bridgehead atoms. The normalized spacial score (nSPS) is 16.0. The second-order valence-electron chi connectivity index (χ2n) is 7.53. The number of fused-ring (bicyclic) bond motifs is 1. The van der Waals surface area contributed by atoms with Crippen LogP contribution in [0.1, 0.15) is 33.3 Å². The molecular formula is C23H21N5O4. The molecule has 0 radical (unpaired) electrons. The van der Waals surface area contributed by atoms with Crippen molar-refractivity contribution in [1.82, 2.24) is 19.8 Å². The molecule has 1 unspecified atom stereocenters. The topological polar surface area (TPSA) is 119 Å². The highest BCUT2D eigenvalue weighted by atomic mass is 16.5. The summed E-state index contributed by atoms with van der Waals surface area (Å²) in [6.07, 6.45) is 2.75. The number of ketones is 1. The van der Waals surface area contributed by atoms with Crippen molar-refractivity contribution >= 4 is 28.5 Å². The Morgan fingerprint density at radius 2 is 1.97 bits per heavy atom. The lowest BCUT2D eigenvalue weighted by Crippen LogP contribution is -2.56. The van der Waals surface area contributed by atoms with Gasteiger partial charge >= 0.3 is 0 Å². The molecule has 1 fully saturated rings. The van der Waals surface area contributed by atoms with Crippen molar-refractivity contribution in [2.24, 2.45) is 0 Å². The van der Waals surface area contributed by atoms with Crippen LogP contribution in [0.2, 0.25) is 0 Å². The van der Waals surface area contributed by atoms with Gasteiger partial charge in [-0.3, -0.25) is 14.4 Å². The lowest BCUT2D eigenvalue weighted by Gasteiger charge is -2.39. The van der Waals surface area contributed by atoms with E-state index in [1.54, 1.807) is 29.2 Å². The third kappa shape index (κ3) is 3.56. The van der Waals surface area contributed by atoms with Gasteiger partial charge in [0.25, 0.3) is 17.6 Å². The number of nitrogens with one attached hydrogen (secondary N) is 1. The van der Waals surface area contributed by atoms with Crippen molar-refractivity contribution in [1.29, 1.82) is 5.26 Å². The third-order valence-electron chi connectivity index (χ3n) is 5.64. The molecule has 3 aromatic rings. The SMILES string of the molecule is COc1cnc(C#N)c2[nH]cc(C(=O)C(=O)N3CCN(C(=O)c4ccccc4)C(C)C3)c12. The number of rotatable bonds is 4. The quantitative estimate of drug-likeness (QED) is 0.498. The number of nitrogens with zero attached hydrogens (tertiary/aromatic N) is 4. The monoisotopic (exact) mass is 431 g/mol. The highest BCUT2D eigenvalue weighted by Gasteiger charge is 2.34. The molecule has 32 heavy (non-hydrogen) atoms. The number of carbonyl (C=O) groups is 3. The number of piperazine rings is 1. The third-order valence-corrected chi connectivity index (χ3v) is 5.64. The minimum atomic E-state index is -0.709. The van der Waals surface area contributed by atoms with Crippen LogP contribution in [0.3, 0.4) is 0 Å². The number of methoxy groups -OCH3 is 1. The van der Waals surface area contributed by atoms with Crippen LogP contribution in [-0.2, 0) is 4.79 Å². The first kappa shape index (κ1) is 21.1. The average molecular weight is 431 g/mol. The summed E-state index contributed by atoms with van der Waals surface area (Å²) in [4.78, 5) is 48.9. The Balaban J connectivity index is 1.54. The van der Waals surface area contributed by atoms with Gasteiger partial charge in [-0.05, 0) is 19.1 Å². The number of nitriles is 1. The molecule has 2 aromatic heterocycles. The summed E-state index contributed by atoms with van der Waals surface area (Å²) in [5.41, 5.74) is 1.16. The number of hydrogen-bond acceptors (Lipinski definition) is 6. The molecule has 2 amide bonds. The predicted molar refractivity (Wildman–Crippen MR) is 115 cm³/mol. The van der Waals surface area contributed by atoms with Gasteiger partial charge in [0, 0.05) is 37.4 Å². The summed E-state index contributed by atoms with van der Waals surface area (Å²) in [6, 6.07) is 10.7. The summed E-state index contributed by atoms with van der Waals surface area (Å²) in [5, 5.41) is 9.63. The Labute approximate surface area is 184 Å². The molecule has 3 heterocycles. The van der Waals surface area contributed by atoms with E-state index >= 15 is 0 Å². The van der Waals surface area contributed by atoms with Gasteiger partial charge in [-0.25, -0.2) is 4.98 Å². The standard InChI is InChI=1S/C23H21N5O4/c1-14-13-27(8-9-28(14)22(30)15-6-4-3-5-7-15)23(31)21(29)16-11-26-20-17(10-24)25-12-18(32-2)19(16)20/h3-7,11-12,14,26H,8-9,13H2,1-2H3. The number of aromatic nitrogens is 2. The minimum absolute atomic E-state index is 0.102. The highest BCUT2D eigenvalue weighted by Crippen LogP contribution is 2.30. The average Bonchev–Trinajstić information content (AvgIpc) is 3.28. The van der Waals surface area contributed by atoms with Gasteiger partial charge < -0.3 is 19.5 Å². The molecule has 0 spiro atoms. The van der Waals surface area contributed by atoms with E-state index in [-0.39, 0.29) is 36.3 Å². The van der Waals surface area contributed by atoms with Crippen molar-refractivity contribution in [2.75, 3.05) is 26.7 Å². The van der Waals surface area contributed by atoms with Gasteiger partial charge in [-0.2, -0.15) is 5.26 Å².